The molecule has 0 saturated carbocycles. The van der Waals surface area contributed by atoms with Crippen LogP contribution in [0.5, 0.6) is 0 Å². The topological polar surface area (TPSA) is 61.4 Å². The van der Waals surface area contributed by atoms with E-state index in [1.807, 2.05) is 0 Å². The standard InChI is InChI=1S/C11H15N3O2/c1-8(15)14(3)10-6-4-5-9(7-10)13-11(16)12-2/h4-7H,1-3H3,(H2,12,13,16). The molecule has 0 radical (unpaired) electrons. The Morgan fingerprint density at radius 1 is 1.31 bits per heavy atom. The Kier molecular flexibility index (Phi) is 3.88. The van der Waals surface area contributed by atoms with Gasteiger partial charge in [0, 0.05) is 32.4 Å². The number of carbonyl (C=O) groups is 2. The molecule has 0 spiro atoms. The number of carbonyl (C=O) groups excluding carboxylic acids is 2. The van der Waals surface area contributed by atoms with E-state index >= 15 is 0 Å². The predicted molar refractivity (Wildman–Crippen MR) is 63.6 cm³/mol. The van der Waals surface area contributed by atoms with Crippen molar-refractivity contribution in [3.8, 4) is 0 Å². The molecule has 0 heterocycles. The molecule has 16 heavy (non-hydrogen) atoms. The summed E-state index contributed by atoms with van der Waals surface area (Å²) in [5.74, 6) is -0.0582. The van der Waals surface area contributed by atoms with Crippen LogP contribution in [0, 0.1) is 0 Å². The average Bonchev–Trinajstić information content (AvgIpc) is 2.28. The molecule has 0 saturated heterocycles. The van der Waals surface area contributed by atoms with Crippen LogP contribution in [0.15, 0.2) is 24.3 Å². The molecule has 0 atom stereocenters. The Labute approximate surface area is 94.4 Å². The first-order chi connectivity index (χ1) is 7.54. The van der Waals surface area contributed by atoms with Crippen LogP contribution in [0.3, 0.4) is 0 Å². The summed E-state index contributed by atoms with van der Waals surface area (Å²) in [6.07, 6.45) is 0. The van der Waals surface area contributed by atoms with Crippen LogP contribution < -0.4 is 15.5 Å². The van der Waals surface area contributed by atoms with Gasteiger partial charge in [0.05, 0.1) is 0 Å². The highest BCUT2D eigenvalue weighted by molar-refractivity contribution is 5.93. The number of nitrogens with one attached hydrogen (secondary N) is 2. The third-order valence-electron chi connectivity index (χ3n) is 2.19. The predicted octanol–water partition coefficient (Wildman–Crippen LogP) is 1.42. The van der Waals surface area contributed by atoms with Gasteiger partial charge in [-0.2, -0.15) is 0 Å². The smallest absolute Gasteiger partial charge is 0.318 e. The number of nitrogens with zero attached hydrogens (tertiary/aromatic N) is 1. The van der Waals surface area contributed by atoms with Crippen LogP contribution in [0.2, 0.25) is 0 Å². The Morgan fingerprint density at radius 3 is 2.56 bits per heavy atom. The van der Waals surface area contributed by atoms with E-state index in [9.17, 15) is 9.59 Å². The fourth-order valence-corrected chi connectivity index (χ4v) is 1.17. The van der Waals surface area contributed by atoms with Gasteiger partial charge in [0.15, 0.2) is 0 Å². The minimum atomic E-state index is -0.289. The van der Waals surface area contributed by atoms with Gasteiger partial charge in [0.1, 0.15) is 0 Å². The maximum absolute atomic E-state index is 11.2. The number of urea groups is 1. The highest BCUT2D eigenvalue weighted by atomic mass is 16.2. The molecule has 0 unspecified atom stereocenters. The Morgan fingerprint density at radius 2 is 2.00 bits per heavy atom. The highest BCUT2D eigenvalue weighted by Gasteiger charge is 2.06. The van der Waals surface area contributed by atoms with Crippen molar-refractivity contribution in [2.24, 2.45) is 0 Å². The van der Waals surface area contributed by atoms with Gasteiger partial charge in [0.2, 0.25) is 5.91 Å². The molecule has 1 aromatic rings. The third-order valence-corrected chi connectivity index (χ3v) is 2.19. The quantitative estimate of drug-likeness (QED) is 0.793. The van der Waals surface area contributed by atoms with Crippen molar-refractivity contribution in [3.63, 3.8) is 0 Å². The van der Waals surface area contributed by atoms with Gasteiger partial charge in [-0.05, 0) is 18.2 Å². The van der Waals surface area contributed by atoms with E-state index in [1.54, 1.807) is 38.4 Å². The molecule has 5 heteroatoms. The lowest BCUT2D eigenvalue weighted by Crippen LogP contribution is -2.25. The van der Waals surface area contributed by atoms with Gasteiger partial charge in [-0.15, -0.1) is 0 Å². The Bertz CT molecular complexity index is 404. The van der Waals surface area contributed by atoms with Crippen LogP contribution in [0.4, 0.5) is 16.2 Å². The Balaban J connectivity index is 2.86. The summed E-state index contributed by atoms with van der Waals surface area (Å²) >= 11 is 0. The van der Waals surface area contributed by atoms with E-state index < -0.39 is 0 Å². The maximum atomic E-state index is 11.2. The minimum absolute atomic E-state index is 0.0582. The number of benzene rings is 1. The summed E-state index contributed by atoms with van der Waals surface area (Å²) in [6, 6.07) is 6.78. The molecule has 0 aromatic heterocycles. The summed E-state index contributed by atoms with van der Waals surface area (Å²) in [7, 11) is 3.22. The summed E-state index contributed by atoms with van der Waals surface area (Å²) in [5.41, 5.74) is 1.38. The molecule has 0 aliphatic rings. The first-order valence-corrected chi connectivity index (χ1v) is 4.87. The monoisotopic (exact) mass is 221 g/mol. The third kappa shape index (κ3) is 2.98. The molecular formula is C11H15N3O2. The van der Waals surface area contributed by atoms with Crippen molar-refractivity contribution in [1.29, 1.82) is 0 Å². The van der Waals surface area contributed by atoms with Crippen LogP contribution in [-0.4, -0.2) is 26.0 Å². The minimum Gasteiger partial charge on any atom is -0.341 e. The van der Waals surface area contributed by atoms with E-state index in [0.29, 0.717) is 5.69 Å². The largest absolute Gasteiger partial charge is 0.341 e. The molecular weight excluding hydrogens is 206 g/mol. The number of anilines is 2. The molecule has 2 N–H and O–H groups in total. The molecule has 0 fully saturated rings. The van der Waals surface area contributed by atoms with Gasteiger partial charge < -0.3 is 15.5 Å². The van der Waals surface area contributed by atoms with Crippen molar-refractivity contribution in [2.45, 2.75) is 6.92 Å². The van der Waals surface area contributed by atoms with E-state index in [-0.39, 0.29) is 11.9 Å². The molecule has 1 rings (SSSR count). The zero-order chi connectivity index (χ0) is 12.1. The van der Waals surface area contributed by atoms with E-state index in [0.717, 1.165) is 5.69 Å². The fraction of sp³-hybridized carbons (Fsp3) is 0.273. The molecule has 1 aromatic carbocycles. The summed E-state index contributed by atoms with van der Waals surface area (Å²) in [5, 5.41) is 5.09. The zero-order valence-electron chi connectivity index (χ0n) is 9.57. The van der Waals surface area contributed by atoms with Gasteiger partial charge in [0.25, 0.3) is 0 Å². The fourth-order valence-electron chi connectivity index (χ4n) is 1.17. The SMILES string of the molecule is CNC(=O)Nc1cccc(N(C)C(C)=O)c1. The van der Waals surface area contributed by atoms with Crippen molar-refractivity contribution >= 4 is 23.3 Å². The van der Waals surface area contributed by atoms with E-state index in [2.05, 4.69) is 10.6 Å². The summed E-state index contributed by atoms with van der Waals surface area (Å²) < 4.78 is 0. The molecule has 86 valence electrons. The van der Waals surface area contributed by atoms with Crippen molar-refractivity contribution in [1.82, 2.24) is 5.32 Å². The van der Waals surface area contributed by atoms with Crippen molar-refractivity contribution < 1.29 is 9.59 Å². The second kappa shape index (κ2) is 5.16. The van der Waals surface area contributed by atoms with E-state index in [1.165, 1.54) is 11.8 Å². The molecule has 5 nitrogen and oxygen atoms in total. The van der Waals surface area contributed by atoms with Crippen LogP contribution in [0.1, 0.15) is 6.92 Å². The molecule has 0 bridgehead atoms. The van der Waals surface area contributed by atoms with Gasteiger partial charge >= 0.3 is 6.03 Å². The van der Waals surface area contributed by atoms with Crippen molar-refractivity contribution in [3.05, 3.63) is 24.3 Å². The van der Waals surface area contributed by atoms with Gasteiger partial charge in [-0.1, -0.05) is 6.07 Å². The van der Waals surface area contributed by atoms with Crippen LogP contribution in [-0.2, 0) is 4.79 Å². The van der Waals surface area contributed by atoms with Gasteiger partial charge in [-0.3, -0.25) is 4.79 Å². The number of hydrogen-bond donors (Lipinski definition) is 2. The zero-order valence-corrected chi connectivity index (χ0v) is 9.57. The number of amides is 3. The lowest BCUT2D eigenvalue weighted by atomic mass is 10.2. The summed E-state index contributed by atoms with van der Waals surface area (Å²) in [4.78, 5) is 23.8. The molecule has 3 amide bonds. The number of hydrogen-bond acceptors (Lipinski definition) is 2. The maximum Gasteiger partial charge on any atom is 0.318 e. The first-order valence-electron chi connectivity index (χ1n) is 4.87. The second-order valence-corrected chi connectivity index (χ2v) is 3.33. The van der Waals surface area contributed by atoms with Gasteiger partial charge in [-0.25, -0.2) is 4.79 Å². The van der Waals surface area contributed by atoms with Crippen LogP contribution in [0.25, 0.3) is 0 Å². The van der Waals surface area contributed by atoms with Crippen LogP contribution >= 0.6 is 0 Å². The molecule has 0 aliphatic carbocycles. The van der Waals surface area contributed by atoms with E-state index in [4.69, 9.17) is 0 Å². The number of rotatable bonds is 2. The lowest BCUT2D eigenvalue weighted by molar-refractivity contribution is -0.116. The normalized spacial score (nSPS) is 9.44. The molecule has 0 aliphatic heterocycles. The highest BCUT2D eigenvalue weighted by Crippen LogP contribution is 2.18. The van der Waals surface area contributed by atoms with Crippen molar-refractivity contribution in [2.75, 3.05) is 24.3 Å². The average molecular weight is 221 g/mol. The Hall–Kier alpha value is -2.04. The summed E-state index contributed by atoms with van der Waals surface area (Å²) in [6.45, 7) is 1.48. The first kappa shape index (κ1) is 12.0. The lowest BCUT2D eigenvalue weighted by Gasteiger charge is -2.16. The second-order valence-electron chi connectivity index (χ2n) is 3.33.